The fourth-order valence-electron chi connectivity index (χ4n) is 2.41. The van der Waals surface area contributed by atoms with Crippen molar-refractivity contribution in [2.24, 2.45) is 0 Å². The summed E-state index contributed by atoms with van der Waals surface area (Å²) in [7, 11) is -3.08. The Morgan fingerprint density at radius 1 is 1.15 bits per heavy atom. The number of hydrogen-bond acceptors (Lipinski definition) is 7. The molecule has 0 spiro atoms. The van der Waals surface area contributed by atoms with Gasteiger partial charge in [-0.25, -0.2) is 18.0 Å². The highest BCUT2D eigenvalue weighted by atomic mass is 32.2. The van der Waals surface area contributed by atoms with Crippen LogP contribution in [0.25, 0.3) is 0 Å². The number of piperidine rings is 1. The standard InChI is InChI=1S/C12H17NO2S.C4H6O6/c1-16(14,15)12-6-2-4-10(8-12)11-5-3-7-13-9-11;5-1(3(7)8)2(6)4(9)10/h2,4,6,8,11,13H,3,5,7,9H2,1H3;1-2,5-6H,(H,7,8)(H,9,10)/t11-;/m0./s1. The zero-order chi connectivity index (χ0) is 19.9. The summed E-state index contributed by atoms with van der Waals surface area (Å²) in [6.45, 7) is 2.02. The van der Waals surface area contributed by atoms with Gasteiger partial charge in [0.1, 0.15) is 0 Å². The lowest BCUT2D eigenvalue weighted by molar-refractivity contribution is -0.165. The van der Waals surface area contributed by atoms with Crippen molar-refractivity contribution in [2.45, 2.75) is 35.9 Å². The van der Waals surface area contributed by atoms with Gasteiger partial charge in [0.2, 0.25) is 0 Å². The van der Waals surface area contributed by atoms with E-state index in [2.05, 4.69) is 5.32 Å². The molecule has 0 radical (unpaired) electrons. The molecule has 0 aliphatic carbocycles. The van der Waals surface area contributed by atoms with Crippen molar-refractivity contribution in [1.29, 1.82) is 0 Å². The van der Waals surface area contributed by atoms with E-state index in [0.29, 0.717) is 10.8 Å². The Labute approximate surface area is 151 Å². The second-order valence-electron chi connectivity index (χ2n) is 5.95. The Balaban J connectivity index is 0.000000294. The number of hydrogen-bond donors (Lipinski definition) is 5. The normalized spacial score (nSPS) is 19.6. The lowest BCUT2D eigenvalue weighted by atomic mass is 9.92. The fourth-order valence-corrected chi connectivity index (χ4v) is 3.08. The van der Waals surface area contributed by atoms with Gasteiger partial charge in [0.15, 0.2) is 22.0 Å². The molecule has 1 aliphatic rings. The molecule has 1 saturated heterocycles. The molecule has 0 amide bonds. The number of aliphatic hydroxyl groups excluding tert-OH is 2. The predicted octanol–water partition coefficient (Wildman–Crippen LogP) is -0.565. The smallest absolute Gasteiger partial charge is 0.335 e. The molecular formula is C16H23NO8S. The highest BCUT2D eigenvalue weighted by Crippen LogP contribution is 2.25. The minimum Gasteiger partial charge on any atom is -0.479 e. The van der Waals surface area contributed by atoms with E-state index in [1.165, 1.54) is 6.26 Å². The molecule has 146 valence electrons. The quantitative estimate of drug-likeness (QED) is 0.444. The van der Waals surface area contributed by atoms with Gasteiger partial charge < -0.3 is 25.7 Å². The topological polar surface area (TPSA) is 161 Å². The summed E-state index contributed by atoms with van der Waals surface area (Å²) >= 11 is 0. The number of aliphatic hydroxyl groups is 2. The number of carboxylic acid groups (broad SMARTS) is 2. The molecule has 1 aliphatic heterocycles. The van der Waals surface area contributed by atoms with Crippen LogP contribution in [0.15, 0.2) is 29.2 Å². The van der Waals surface area contributed by atoms with Gasteiger partial charge in [-0.15, -0.1) is 0 Å². The fraction of sp³-hybridized carbons (Fsp3) is 0.500. The third-order valence-electron chi connectivity index (χ3n) is 3.86. The van der Waals surface area contributed by atoms with Gasteiger partial charge in [0, 0.05) is 12.8 Å². The number of rotatable bonds is 5. The lowest BCUT2D eigenvalue weighted by Gasteiger charge is -2.23. The van der Waals surface area contributed by atoms with Crippen LogP contribution in [-0.4, -0.2) is 72.3 Å². The summed E-state index contributed by atoms with van der Waals surface area (Å²) in [6, 6.07) is 7.33. The summed E-state index contributed by atoms with van der Waals surface area (Å²) in [5.74, 6) is -3.08. The number of carboxylic acids is 2. The predicted molar refractivity (Wildman–Crippen MR) is 91.7 cm³/mol. The van der Waals surface area contributed by atoms with Crippen LogP contribution < -0.4 is 5.32 Å². The number of sulfone groups is 1. The highest BCUT2D eigenvalue weighted by molar-refractivity contribution is 7.90. The third-order valence-corrected chi connectivity index (χ3v) is 4.97. The van der Waals surface area contributed by atoms with Crippen molar-refractivity contribution < 1.29 is 38.4 Å². The molecule has 0 aromatic heterocycles. The summed E-state index contributed by atoms with van der Waals surface area (Å²) in [5.41, 5.74) is 1.13. The SMILES string of the molecule is CS(=O)(=O)c1cccc([C@H]2CCCNC2)c1.O=C(O)C(O)C(O)C(=O)O. The average Bonchev–Trinajstić information content (AvgIpc) is 2.61. The van der Waals surface area contributed by atoms with Crippen LogP contribution >= 0.6 is 0 Å². The van der Waals surface area contributed by atoms with Crippen LogP contribution in [0.5, 0.6) is 0 Å². The van der Waals surface area contributed by atoms with Crippen molar-refractivity contribution in [3.05, 3.63) is 29.8 Å². The molecule has 5 N–H and O–H groups in total. The number of nitrogens with one attached hydrogen (secondary N) is 1. The molecule has 26 heavy (non-hydrogen) atoms. The monoisotopic (exact) mass is 389 g/mol. The van der Waals surface area contributed by atoms with Crippen LogP contribution in [0.1, 0.15) is 24.3 Å². The molecular weight excluding hydrogens is 366 g/mol. The summed E-state index contributed by atoms with van der Waals surface area (Å²) < 4.78 is 22.9. The molecule has 2 unspecified atom stereocenters. The van der Waals surface area contributed by atoms with Crippen molar-refractivity contribution in [3.8, 4) is 0 Å². The van der Waals surface area contributed by atoms with Crippen molar-refractivity contribution >= 4 is 21.8 Å². The van der Waals surface area contributed by atoms with Gasteiger partial charge in [-0.3, -0.25) is 0 Å². The van der Waals surface area contributed by atoms with Gasteiger partial charge in [-0.05, 0) is 43.0 Å². The Kier molecular flexibility index (Phi) is 8.15. The Morgan fingerprint density at radius 2 is 1.73 bits per heavy atom. The zero-order valence-electron chi connectivity index (χ0n) is 14.2. The van der Waals surface area contributed by atoms with Crippen LogP contribution in [0, 0.1) is 0 Å². The molecule has 0 saturated carbocycles. The van der Waals surface area contributed by atoms with Crippen molar-refractivity contribution in [3.63, 3.8) is 0 Å². The van der Waals surface area contributed by atoms with E-state index in [-0.39, 0.29) is 0 Å². The van der Waals surface area contributed by atoms with Crippen LogP contribution in [0.3, 0.4) is 0 Å². The highest BCUT2D eigenvalue weighted by Gasteiger charge is 2.29. The Bertz CT molecular complexity index is 710. The first-order chi connectivity index (χ1) is 12.0. The van der Waals surface area contributed by atoms with Gasteiger partial charge >= 0.3 is 11.9 Å². The van der Waals surface area contributed by atoms with E-state index in [1.807, 2.05) is 18.2 Å². The molecule has 1 fully saturated rings. The molecule has 1 aromatic carbocycles. The maximum absolute atomic E-state index is 11.5. The number of aliphatic carboxylic acids is 2. The minimum atomic E-state index is -3.08. The average molecular weight is 389 g/mol. The van der Waals surface area contributed by atoms with Gasteiger partial charge in [-0.2, -0.15) is 0 Å². The maximum atomic E-state index is 11.5. The van der Waals surface area contributed by atoms with E-state index in [4.69, 9.17) is 20.4 Å². The first-order valence-corrected chi connectivity index (χ1v) is 9.75. The Hall–Kier alpha value is -2.01. The summed E-state index contributed by atoms with van der Waals surface area (Å²) in [6.07, 6.45) is -0.978. The molecule has 3 atom stereocenters. The van der Waals surface area contributed by atoms with Gasteiger partial charge in [-0.1, -0.05) is 12.1 Å². The molecule has 10 heteroatoms. The van der Waals surface area contributed by atoms with Crippen LogP contribution in [0.2, 0.25) is 0 Å². The van der Waals surface area contributed by atoms with Crippen LogP contribution in [0.4, 0.5) is 0 Å². The summed E-state index contributed by atoms with van der Waals surface area (Å²) in [5, 5.41) is 35.9. The van der Waals surface area contributed by atoms with Crippen LogP contribution in [-0.2, 0) is 19.4 Å². The van der Waals surface area contributed by atoms with Crippen molar-refractivity contribution in [1.82, 2.24) is 5.32 Å². The molecule has 0 bridgehead atoms. The second-order valence-corrected chi connectivity index (χ2v) is 7.97. The second kappa shape index (κ2) is 9.62. The number of carbonyl (C=O) groups is 2. The van der Waals surface area contributed by atoms with E-state index in [0.717, 1.165) is 31.5 Å². The zero-order valence-corrected chi connectivity index (χ0v) is 15.0. The van der Waals surface area contributed by atoms with Crippen molar-refractivity contribution in [2.75, 3.05) is 19.3 Å². The van der Waals surface area contributed by atoms with E-state index in [1.54, 1.807) is 6.07 Å². The lowest BCUT2D eigenvalue weighted by Crippen LogP contribution is -2.39. The summed E-state index contributed by atoms with van der Waals surface area (Å²) in [4.78, 5) is 20.0. The largest absolute Gasteiger partial charge is 0.479 e. The van der Waals surface area contributed by atoms with E-state index < -0.39 is 34.0 Å². The van der Waals surface area contributed by atoms with E-state index >= 15 is 0 Å². The van der Waals surface area contributed by atoms with Gasteiger partial charge in [0.25, 0.3) is 0 Å². The minimum absolute atomic E-state index is 0.426. The molecule has 1 heterocycles. The van der Waals surface area contributed by atoms with Gasteiger partial charge in [0.05, 0.1) is 4.90 Å². The first-order valence-electron chi connectivity index (χ1n) is 7.86. The molecule has 9 nitrogen and oxygen atoms in total. The Morgan fingerprint density at radius 3 is 2.15 bits per heavy atom. The first kappa shape index (κ1) is 22.0. The third kappa shape index (κ3) is 6.71. The van der Waals surface area contributed by atoms with E-state index in [9.17, 15) is 18.0 Å². The maximum Gasteiger partial charge on any atom is 0.335 e. The molecule has 1 aromatic rings. The molecule has 2 rings (SSSR count). The number of benzene rings is 1.